The summed E-state index contributed by atoms with van der Waals surface area (Å²) in [5.74, 6) is -0.0327. The molecule has 2 amide bonds. The van der Waals surface area contributed by atoms with Crippen LogP contribution in [-0.4, -0.2) is 24.5 Å². The number of anilines is 2. The van der Waals surface area contributed by atoms with Gasteiger partial charge in [-0.25, -0.2) is 0 Å². The number of rotatable bonds is 7. The molecular formula is C29H26F3N3O3. The van der Waals surface area contributed by atoms with Crippen LogP contribution in [0.2, 0.25) is 0 Å². The molecule has 0 aromatic heterocycles. The number of benzene rings is 3. The van der Waals surface area contributed by atoms with Gasteiger partial charge in [-0.05, 0) is 60.0 Å². The summed E-state index contributed by atoms with van der Waals surface area (Å²) in [6, 6.07) is 16.4. The summed E-state index contributed by atoms with van der Waals surface area (Å²) in [6.07, 6.45) is 0.357. The van der Waals surface area contributed by atoms with Crippen LogP contribution < -0.4 is 21.1 Å². The van der Waals surface area contributed by atoms with Crippen LogP contribution in [0.15, 0.2) is 85.0 Å². The summed E-state index contributed by atoms with van der Waals surface area (Å²) < 4.78 is 44.7. The van der Waals surface area contributed by atoms with E-state index >= 15 is 0 Å². The fraction of sp³-hybridized carbons (Fsp3) is 0.172. The Morgan fingerprint density at radius 2 is 1.74 bits per heavy atom. The van der Waals surface area contributed by atoms with E-state index in [1.807, 2.05) is 6.92 Å². The van der Waals surface area contributed by atoms with Crippen molar-refractivity contribution in [1.82, 2.24) is 0 Å². The maximum atomic E-state index is 13.1. The molecule has 1 heterocycles. The fourth-order valence-electron chi connectivity index (χ4n) is 4.08. The van der Waals surface area contributed by atoms with E-state index in [-0.39, 0.29) is 12.3 Å². The second kappa shape index (κ2) is 11.4. The van der Waals surface area contributed by atoms with Crippen LogP contribution in [0.1, 0.15) is 29.2 Å². The summed E-state index contributed by atoms with van der Waals surface area (Å²) >= 11 is 0. The number of fused-ring (bicyclic) bond motifs is 1. The fourth-order valence-corrected chi connectivity index (χ4v) is 4.08. The molecule has 0 fully saturated rings. The Bertz CT molecular complexity index is 1380. The number of alkyl halides is 3. The number of nitrogens with two attached hydrogens (primary N) is 1. The number of ether oxygens (including phenoxy) is 1. The van der Waals surface area contributed by atoms with Gasteiger partial charge < -0.3 is 21.1 Å². The molecule has 3 aromatic carbocycles. The Labute approximate surface area is 218 Å². The quantitative estimate of drug-likeness (QED) is 0.281. The van der Waals surface area contributed by atoms with Crippen LogP contribution in [0.4, 0.5) is 24.5 Å². The Morgan fingerprint density at radius 1 is 1.08 bits per heavy atom. The number of hydrogen-bond acceptors (Lipinski definition) is 4. The molecule has 1 aliphatic heterocycles. The minimum absolute atomic E-state index is 0.281. The van der Waals surface area contributed by atoms with Gasteiger partial charge in [-0.3, -0.25) is 9.59 Å². The van der Waals surface area contributed by atoms with Crippen LogP contribution in [0.5, 0.6) is 5.75 Å². The molecule has 0 saturated carbocycles. The maximum absolute atomic E-state index is 13.1. The van der Waals surface area contributed by atoms with Crippen LogP contribution >= 0.6 is 0 Å². The van der Waals surface area contributed by atoms with Gasteiger partial charge in [0.2, 0.25) is 11.8 Å². The second-order valence-corrected chi connectivity index (χ2v) is 8.59. The summed E-state index contributed by atoms with van der Waals surface area (Å²) in [7, 11) is 0. The highest BCUT2D eigenvalue weighted by atomic mass is 19.4. The van der Waals surface area contributed by atoms with Crippen LogP contribution in [0.3, 0.4) is 0 Å². The highest BCUT2D eigenvalue weighted by Crippen LogP contribution is 2.32. The Morgan fingerprint density at radius 3 is 2.37 bits per heavy atom. The SMILES string of the molecule is CCOc1ccc(/C(=C\C=C\C(=O)Nc2cccc3c2CC(N)C(=O)N3)c2ccc(C(F)(F)F)cc2)cc1. The van der Waals surface area contributed by atoms with Gasteiger partial charge >= 0.3 is 6.18 Å². The van der Waals surface area contributed by atoms with Crippen molar-refractivity contribution in [2.24, 2.45) is 5.73 Å². The molecule has 9 heteroatoms. The summed E-state index contributed by atoms with van der Waals surface area (Å²) in [4.78, 5) is 24.5. The van der Waals surface area contributed by atoms with E-state index in [4.69, 9.17) is 10.5 Å². The highest BCUT2D eigenvalue weighted by molar-refractivity contribution is 6.03. The molecule has 4 N–H and O–H groups in total. The lowest BCUT2D eigenvalue weighted by Crippen LogP contribution is -2.41. The molecule has 6 nitrogen and oxygen atoms in total. The zero-order chi connectivity index (χ0) is 27.3. The zero-order valence-corrected chi connectivity index (χ0v) is 20.5. The third-order valence-corrected chi connectivity index (χ3v) is 5.96. The molecule has 3 aromatic rings. The van der Waals surface area contributed by atoms with Crippen LogP contribution in [-0.2, 0) is 22.2 Å². The first kappa shape index (κ1) is 26.7. The highest BCUT2D eigenvalue weighted by Gasteiger charge is 2.30. The Kier molecular flexibility index (Phi) is 7.97. The van der Waals surface area contributed by atoms with E-state index < -0.39 is 23.7 Å². The molecule has 1 atom stereocenters. The van der Waals surface area contributed by atoms with Crippen molar-refractivity contribution in [3.05, 3.63) is 107 Å². The largest absolute Gasteiger partial charge is 0.494 e. The lowest BCUT2D eigenvalue weighted by molar-refractivity contribution is -0.137. The van der Waals surface area contributed by atoms with E-state index in [1.54, 1.807) is 48.5 Å². The molecule has 1 aliphatic rings. The molecular weight excluding hydrogens is 495 g/mol. The first-order valence-corrected chi connectivity index (χ1v) is 11.9. The van der Waals surface area contributed by atoms with Gasteiger partial charge in [-0.1, -0.05) is 42.5 Å². The zero-order valence-electron chi connectivity index (χ0n) is 20.5. The smallest absolute Gasteiger partial charge is 0.416 e. The normalized spacial score (nSPS) is 15.7. The minimum Gasteiger partial charge on any atom is -0.494 e. The van der Waals surface area contributed by atoms with E-state index in [0.717, 1.165) is 23.3 Å². The molecule has 196 valence electrons. The molecule has 1 unspecified atom stereocenters. The van der Waals surface area contributed by atoms with E-state index in [0.29, 0.717) is 34.9 Å². The molecule has 0 aliphatic carbocycles. The van der Waals surface area contributed by atoms with Gasteiger partial charge in [0.1, 0.15) is 5.75 Å². The van der Waals surface area contributed by atoms with Gasteiger partial charge in [0.25, 0.3) is 0 Å². The van der Waals surface area contributed by atoms with Gasteiger partial charge in [0.05, 0.1) is 18.2 Å². The second-order valence-electron chi connectivity index (χ2n) is 8.59. The topological polar surface area (TPSA) is 93.4 Å². The monoisotopic (exact) mass is 521 g/mol. The predicted molar refractivity (Wildman–Crippen MR) is 141 cm³/mol. The minimum atomic E-state index is -4.44. The van der Waals surface area contributed by atoms with Crippen molar-refractivity contribution in [3.63, 3.8) is 0 Å². The third kappa shape index (κ3) is 6.30. The number of carbonyl (C=O) groups excluding carboxylic acids is 2. The maximum Gasteiger partial charge on any atom is 0.416 e. The van der Waals surface area contributed by atoms with Crippen molar-refractivity contribution >= 4 is 28.8 Å². The first-order chi connectivity index (χ1) is 18.2. The molecule has 38 heavy (non-hydrogen) atoms. The molecule has 0 saturated heterocycles. The molecule has 0 spiro atoms. The Hall–Kier alpha value is -4.37. The van der Waals surface area contributed by atoms with E-state index in [1.165, 1.54) is 24.3 Å². The average Bonchev–Trinajstić information content (AvgIpc) is 2.88. The summed E-state index contributed by atoms with van der Waals surface area (Å²) in [5, 5.41) is 5.52. The number of carbonyl (C=O) groups is 2. The van der Waals surface area contributed by atoms with Crippen LogP contribution in [0.25, 0.3) is 5.57 Å². The Balaban J connectivity index is 1.59. The lowest BCUT2D eigenvalue weighted by Gasteiger charge is -2.24. The molecule has 0 radical (unpaired) electrons. The van der Waals surface area contributed by atoms with Gasteiger partial charge in [-0.2, -0.15) is 13.2 Å². The van der Waals surface area contributed by atoms with Gasteiger partial charge in [0, 0.05) is 29.4 Å². The number of allylic oxidation sites excluding steroid dienone is 2. The van der Waals surface area contributed by atoms with Crippen molar-refractivity contribution < 1.29 is 27.5 Å². The third-order valence-electron chi connectivity index (χ3n) is 5.96. The van der Waals surface area contributed by atoms with Crippen molar-refractivity contribution in [2.75, 3.05) is 17.2 Å². The number of halogens is 3. The summed E-state index contributed by atoms with van der Waals surface area (Å²) in [5.41, 5.74) is 8.88. The van der Waals surface area contributed by atoms with Crippen LogP contribution in [0, 0.1) is 0 Å². The molecule has 4 rings (SSSR count). The van der Waals surface area contributed by atoms with Crippen molar-refractivity contribution in [3.8, 4) is 5.75 Å². The number of amides is 2. The van der Waals surface area contributed by atoms with E-state index in [9.17, 15) is 22.8 Å². The van der Waals surface area contributed by atoms with E-state index in [2.05, 4.69) is 10.6 Å². The number of hydrogen-bond donors (Lipinski definition) is 3. The number of nitrogens with one attached hydrogen (secondary N) is 2. The van der Waals surface area contributed by atoms with Gasteiger partial charge in [-0.15, -0.1) is 0 Å². The predicted octanol–water partition coefficient (Wildman–Crippen LogP) is 5.55. The average molecular weight is 522 g/mol. The van der Waals surface area contributed by atoms with Crippen molar-refractivity contribution in [1.29, 1.82) is 0 Å². The molecule has 0 bridgehead atoms. The van der Waals surface area contributed by atoms with Crippen molar-refractivity contribution in [2.45, 2.75) is 25.6 Å². The lowest BCUT2D eigenvalue weighted by atomic mass is 9.96. The summed E-state index contributed by atoms with van der Waals surface area (Å²) in [6.45, 7) is 2.37. The standard InChI is InChI=1S/C29H26F3N3O3/c1-2-38-21-15-11-19(12-16-21)22(18-9-13-20(14-10-18)29(30,31)32)5-3-8-27(36)34-25-6-4-7-26-23(25)17-24(33)28(37)35-26/h3-16,24H,2,17,33H2,1H3,(H,34,36)(H,35,37)/b8-3+,22-5-. The van der Waals surface area contributed by atoms with Gasteiger partial charge in [0.15, 0.2) is 0 Å². The first-order valence-electron chi connectivity index (χ1n) is 11.9.